The van der Waals surface area contributed by atoms with Gasteiger partial charge in [0.1, 0.15) is 5.92 Å². The van der Waals surface area contributed by atoms with Crippen molar-refractivity contribution in [1.29, 1.82) is 5.26 Å². The molecule has 1 N–H and O–H groups in total. The van der Waals surface area contributed by atoms with Crippen molar-refractivity contribution < 1.29 is 4.79 Å². The molecule has 3 heteroatoms. The maximum absolute atomic E-state index is 12.4. The normalized spacial score (nSPS) is 46.8. The monoisotopic (exact) mass is 274 g/mol. The molecule has 0 heterocycles. The van der Waals surface area contributed by atoms with E-state index < -0.39 is 5.92 Å². The van der Waals surface area contributed by atoms with Crippen LogP contribution in [0.1, 0.15) is 65.7 Å². The van der Waals surface area contributed by atoms with E-state index in [1.807, 2.05) is 6.92 Å². The van der Waals surface area contributed by atoms with Gasteiger partial charge in [0.05, 0.1) is 6.07 Å². The second-order valence-electron chi connectivity index (χ2n) is 8.49. The van der Waals surface area contributed by atoms with Gasteiger partial charge in [-0.15, -0.1) is 0 Å². The molecule has 0 aliphatic heterocycles. The van der Waals surface area contributed by atoms with Crippen molar-refractivity contribution in [2.45, 2.75) is 71.3 Å². The van der Waals surface area contributed by atoms with Crippen LogP contribution in [0.25, 0.3) is 0 Å². The van der Waals surface area contributed by atoms with E-state index in [1.165, 1.54) is 19.3 Å². The number of hydrogen-bond donors (Lipinski definition) is 1. The summed E-state index contributed by atoms with van der Waals surface area (Å²) < 4.78 is 0. The number of carbonyl (C=O) groups is 1. The van der Waals surface area contributed by atoms with E-state index in [0.717, 1.165) is 25.2 Å². The van der Waals surface area contributed by atoms with Crippen LogP contribution in [0, 0.1) is 34.0 Å². The molecule has 3 unspecified atom stereocenters. The Bertz CT molecular complexity index is 460. The molecule has 4 bridgehead atoms. The van der Waals surface area contributed by atoms with E-state index in [-0.39, 0.29) is 11.4 Å². The van der Waals surface area contributed by atoms with E-state index in [1.54, 1.807) is 0 Å². The fraction of sp³-hybridized carbons (Fsp3) is 0.882. The SMILES string of the molecule is CCC(C#N)C(=O)NC12CC3CC(C)(CC(C)(C3)C1)C2. The zero-order valence-electron chi connectivity index (χ0n) is 13.0. The fourth-order valence-corrected chi connectivity index (χ4v) is 6.27. The maximum Gasteiger partial charge on any atom is 0.237 e. The Morgan fingerprint density at radius 1 is 1.25 bits per heavy atom. The van der Waals surface area contributed by atoms with Gasteiger partial charge in [0.25, 0.3) is 0 Å². The second kappa shape index (κ2) is 4.23. The average Bonchev–Trinajstić information content (AvgIpc) is 2.24. The molecular weight excluding hydrogens is 248 g/mol. The smallest absolute Gasteiger partial charge is 0.237 e. The van der Waals surface area contributed by atoms with Crippen molar-refractivity contribution in [3.05, 3.63) is 0 Å². The fourth-order valence-electron chi connectivity index (χ4n) is 6.27. The van der Waals surface area contributed by atoms with Gasteiger partial charge in [-0.25, -0.2) is 0 Å². The van der Waals surface area contributed by atoms with Crippen molar-refractivity contribution in [1.82, 2.24) is 5.32 Å². The van der Waals surface area contributed by atoms with Gasteiger partial charge in [0.15, 0.2) is 0 Å². The molecule has 0 aromatic heterocycles. The Hall–Kier alpha value is -1.04. The number of rotatable bonds is 3. The van der Waals surface area contributed by atoms with Gasteiger partial charge in [0.2, 0.25) is 5.91 Å². The zero-order valence-corrected chi connectivity index (χ0v) is 13.0. The predicted octanol–water partition coefficient (Wildman–Crippen LogP) is 3.40. The van der Waals surface area contributed by atoms with E-state index in [4.69, 9.17) is 5.26 Å². The summed E-state index contributed by atoms with van der Waals surface area (Å²) in [6.07, 6.45) is 7.93. The topological polar surface area (TPSA) is 52.9 Å². The van der Waals surface area contributed by atoms with Crippen LogP contribution in [0.2, 0.25) is 0 Å². The molecule has 0 aromatic carbocycles. The minimum Gasteiger partial charge on any atom is -0.349 e. The van der Waals surface area contributed by atoms with E-state index >= 15 is 0 Å². The summed E-state index contributed by atoms with van der Waals surface area (Å²) in [5.74, 6) is 0.247. The summed E-state index contributed by atoms with van der Waals surface area (Å²) in [7, 11) is 0. The number of amides is 1. The molecule has 0 aromatic rings. The lowest BCUT2D eigenvalue weighted by atomic mass is 9.42. The lowest BCUT2D eigenvalue weighted by Crippen LogP contribution is -2.65. The molecule has 110 valence electrons. The highest BCUT2D eigenvalue weighted by atomic mass is 16.2. The Labute approximate surface area is 122 Å². The zero-order chi connectivity index (χ0) is 14.6. The van der Waals surface area contributed by atoms with Crippen LogP contribution in [0.3, 0.4) is 0 Å². The number of nitrogens with one attached hydrogen (secondary N) is 1. The Kier molecular flexibility index (Phi) is 2.94. The van der Waals surface area contributed by atoms with Gasteiger partial charge in [-0.3, -0.25) is 4.79 Å². The van der Waals surface area contributed by atoms with Gasteiger partial charge < -0.3 is 5.32 Å². The third-order valence-electron chi connectivity index (χ3n) is 5.90. The minimum absolute atomic E-state index is 0.0235. The molecule has 4 aliphatic rings. The van der Waals surface area contributed by atoms with Crippen LogP contribution < -0.4 is 5.32 Å². The van der Waals surface area contributed by atoms with Crippen LogP contribution in [0.15, 0.2) is 0 Å². The number of hydrogen-bond acceptors (Lipinski definition) is 2. The molecule has 0 radical (unpaired) electrons. The molecule has 4 saturated carbocycles. The highest BCUT2D eigenvalue weighted by molar-refractivity contribution is 5.81. The van der Waals surface area contributed by atoms with Crippen LogP contribution >= 0.6 is 0 Å². The van der Waals surface area contributed by atoms with Crippen LogP contribution in [-0.4, -0.2) is 11.4 Å². The van der Waals surface area contributed by atoms with Crippen LogP contribution in [0.5, 0.6) is 0 Å². The predicted molar refractivity (Wildman–Crippen MR) is 77.7 cm³/mol. The first kappa shape index (κ1) is 13.9. The highest BCUT2D eigenvalue weighted by Crippen LogP contribution is 2.66. The first-order valence-electron chi connectivity index (χ1n) is 8.03. The highest BCUT2D eigenvalue weighted by Gasteiger charge is 2.60. The third kappa shape index (κ3) is 2.14. The Balaban J connectivity index is 1.83. The molecule has 3 atom stereocenters. The van der Waals surface area contributed by atoms with E-state index in [2.05, 4.69) is 25.2 Å². The lowest BCUT2D eigenvalue weighted by molar-refractivity contribution is -0.141. The van der Waals surface area contributed by atoms with Gasteiger partial charge >= 0.3 is 0 Å². The summed E-state index contributed by atoms with van der Waals surface area (Å²) in [6.45, 7) is 6.71. The molecular formula is C17H26N2O. The Morgan fingerprint density at radius 3 is 2.30 bits per heavy atom. The number of nitrogens with zero attached hydrogens (tertiary/aromatic N) is 1. The molecule has 4 aliphatic carbocycles. The van der Waals surface area contributed by atoms with Gasteiger partial charge in [-0.2, -0.15) is 5.26 Å². The van der Waals surface area contributed by atoms with E-state index in [0.29, 0.717) is 17.3 Å². The van der Waals surface area contributed by atoms with Gasteiger partial charge in [-0.05, 0) is 61.7 Å². The summed E-state index contributed by atoms with van der Waals surface area (Å²) >= 11 is 0. The number of nitriles is 1. The van der Waals surface area contributed by atoms with Crippen molar-refractivity contribution in [3.8, 4) is 6.07 Å². The van der Waals surface area contributed by atoms with Crippen LogP contribution in [0.4, 0.5) is 0 Å². The molecule has 3 nitrogen and oxygen atoms in total. The largest absolute Gasteiger partial charge is 0.349 e. The van der Waals surface area contributed by atoms with Gasteiger partial charge in [0, 0.05) is 5.54 Å². The average molecular weight is 274 g/mol. The molecule has 1 amide bonds. The Morgan fingerprint density at radius 2 is 1.85 bits per heavy atom. The van der Waals surface area contributed by atoms with Crippen molar-refractivity contribution >= 4 is 5.91 Å². The third-order valence-corrected chi connectivity index (χ3v) is 5.90. The molecule has 20 heavy (non-hydrogen) atoms. The van der Waals surface area contributed by atoms with Crippen molar-refractivity contribution in [2.24, 2.45) is 22.7 Å². The maximum atomic E-state index is 12.4. The van der Waals surface area contributed by atoms with Crippen molar-refractivity contribution in [3.63, 3.8) is 0 Å². The first-order chi connectivity index (χ1) is 9.31. The van der Waals surface area contributed by atoms with Gasteiger partial charge in [-0.1, -0.05) is 20.8 Å². The quantitative estimate of drug-likeness (QED) is 0.857. The molecule has 0 spiro atoms. The summed E-state index contributed by atoms with van der Waals surface area (Å²) in [6, 6.07) is 2.14. The second-order valence-corrected chi connectivity index (χ2v) is 8.49. The first-order valence-corrected chi connectivity index (χ1v) is 8.03. The lowest BCUT2D eigenvalue weighted by Gasteiger charge is -2.65. The molecule has 4 fully saturated rings. The summed E-state index contributed by atoms with van der Waals surface area (Å²) in [5.41, 5.74) is 0.774. The molecule has 0 saturated heterocycles. The van der Waals surface area contributed by atoms with E-state index in [9.17, 15) is 4.79 Å². The summed E-state index contributed by atoms with van der Waals surface area (Å²) in [5, 5.41) is 12.4. The number of carbonyl (C=O) groups excluding carboxylic acids is 1. The van der Waals surface area contributed by atoms with Crippen LogP contribution in [-0.2, 0) is 4.79 Å². The minimum atomic E-state index is -0.483. The molecule has 4 rings (SSSR count). The standard InChI is InChI=1S/C17H26N2O/c1-4-13(8-18)14(20)19-17-7-12-5-15(2,10-17)9-16(3,6-12)11-17/h12-13H,4-7,9-11H2,1-3H3,(H,19,20). The summed E-state index contributed by atoms with van der Waals surface area (Å²) in [4.78, 5) is 12.4. The van der Waals surface area contributed by atoms with Crippen molar-refractivity contribution in [2.75, 3.05) is 0 Å².